The van der Waals surface area contributed by atoms with E-state index in [0.29, 0.717) is 28.6 Å². The van der Waals surface area contributed by atoms with E-state index in [1.165, 1.54) is 19.3 Å². The third-order valence-corrected chi connectivity index (χ3v) is 8.46. The maximum Gasteiger partial charge on any atom is 0.317 e. The van der Waals surface area contributed by atoms with E-state index in [2.05, 4.69) is 45.0 Å². The first kappa shape index (κ1) is 20.9. The summed E-state index contributed by atoms with van der Waals surface area (Å²) in [5.41, 5.74) is 6.75. The standard InChI is InChI=1S/C22H42N4O/c1-16-17(7-10-23)22(4)9-6-8-21(2,3)19(22)15-18(16)24-20(27)26-13-11-25(5)12-14-26/h16-19H,6-15,23H2,1-5H3,(H,24,27). The predicted molar refractivity (Wildman–Crippen MR) is 112 cm³/mol. The molecule has 0 aromatic rings. The van der Waals surface area contributed by atoms with Crippen LogP contribution in [0.1, 0.15) is 59.8 Å². The molecule has 0 aromatic heterocycles. The van der Waals surface area contributed by atoms with Crippen molar-refractivity contribution < 1.29 is 4.79 Å². The number of hydrogen-bond donors (Lipinski definition) is 2. The highest BCUT2D eigenvalue weighted by molar-refractivity contribution is 5.74. The van der Waals surface area contributed by atoms with Crippen LogP contribution < -0.4 is 11.1 Å². The van der Waals surface area contributed by atoms with Gasteiger partial charge in [0.25, 0.3) is 0 Å². The van der Waals surface area contributed by atoms with Gasteiger partial charge in [0.1, 0.15) is 0 Å². The van der Waals surface area contributed by atoms with Crippen LogP contribution in [0.2, 0.25) is 0 Å². The summed E-state index contributed by atoms with van der Waals surface area (Å²) in [6.45, 7) is 14.1. The van der Waals surface area contributed by atoms with Crippen molar-refractivity contribution in [1.29, 1.82) is 0 Å². The Morgan fingerprint density at radius 2 is 1.81 bits per heavy atom. The summed E-state index contributed by atoms with van der Waals surface area (Å²) in [4.78, 5) is 17.3. The molecule has 3 aliphatic rings. The van der Waals surface area contributed by atoms with Crippen molar-refractivity contribution in [3.05, 3.63) is 0 Å². The summed E-state index contributed by atoms with van der Waals surface area (Å²) < 4.78 is 0. The molecule has 0 aromatic carbocycles. The minimum absolute atomic E-state index is 0.142. The Hall–Kier alpha value is -0.810. The molecule has 5 heteroatoms. The van der Waals surface area contributed by atoms with Crippen molar-refractivity contribution in [2.75, 3.05) is 39.8 Å². The lowest BCUT2D eigenvalue weighted by atomic mass is 9.45. The van der Waals surface area contributed by atoms with Crippen LogP contribution in [0.5, 0.6) is 0 Å². The monoisotopic (exact) mass is 378 g/mol. The number of hydrogen-bond acceptors (Lipinski definition) is 3. The van der Waals surface area contributed by atoms with Crippen molar-refractivity contribution in [2.24, 2.45) is 34.3 Å². The van der Waals surface area contributed by atoms with E-state index >= 15 is 0 Å². The van der Waals surface area contributed by atoms with Gasteiger partial charge in [-0.05, 0) is 67.9 Å². The first-order chi connectivity index (χ1) is 12.7. The van der Waals surface area contributed by atoms with E-state index in [9.17, 15) is 4.79 Å². The number of carbonyl (C=O) groups excluding carboxylic acids is 1. The van der Waals surface area contributed by atoms with E-state index in [-0.39, 0.29) is 12.1 Å². The molecule has 5 unspecified atom stereocenters. The molecule has 0 bridgehead atoms. The zero-order valence-corrected chi connectivity index (χ0v) is 18.3. The second-order valence-corrected chi connectivity index (χ2v) is 10.5. The van der Waals surface area contributed by atoms with Crippen LogP contribution in [0.3, 0.4) is 0 Å². The number of nitrogens with one attached hydrogen (secondary N) is 1. The lowest BCUT2D eigenvalue weighted by Crippen LogP contribution is -2.61. The number of carbonyl (C=O) groups is 1. The minimum atomic E-state index is 0.142. The van der Waals surface area contributed by atoms with Gasteiger partial charge in [-0.1, -0.05) is 34.1 Å². The first-order valence-corrected chi connectivity index (χ1v) is 11.1. The lowest BCUT2D eigenvalue weighted by molar-refractivity contribution is -0.106. The molecule has 3 fully saturated rings. The number of nitrogens with two attached hydrogens (primary N) is 1. The van der Waals surface area contributed by atoms with Gasteiger partial charge in [0, 0.05) is 32.2 Å². The van der Waals surface area contributed by atoms with Gasteiger partial charge >= 0.3 is 6.03 Å². The Bertz CT molecular complexity index is 528. The molecular weight excluding hydrogens is 336 g/mol. The summed E-state index contributed by atoms with van der Waals surface area (Å²) in [7, 11) is 2.13. The molecule has 3 rings (SSSR count). The van der Waals surface area contributed by atoms with Gasteiger partial charge in [-0.3, -0.25) is 0 Å². The van der Waals surface area contributed by atoms with Gasteiger partial charge in [-0.15, -0.1) is 0 Å². The molecule has 3 N–H and O–H groups in total. The summed E-state index contributed by atoms with van der Waals surface area (Å²) in [5.74, 6) is 1.74. The van der Waals surface area contributed by atoms with Crippen molar-refractivity contribution >= 4 is 6.03 Å². The summed E-state index contributed by atoms with van der Waals surface area (Å²) in [5, 5.41) is 3.46. The normalized spacial score (nSPS) is 39.7. The molecule has 1 heterocycles. The zero-order valence-electron chi connectivity index (χ0n) is 18.3. The fraction of sp³-hybridized carbons (Fsp3) is 0.955. The molecule has 156 valence electrons. The summed E-state index contributed by atoms with van der Waals surface area (Å²) in [6, 6.07) is 0.410. The highest BCUT2D eigenvalue weighted by Gasteiger charge is 2.56. The smallest absolute Gasteiger partial charge is 0.317 e. The van der Waals surface area contributed by atoms with E-state index in [1.54, 1.807) is 0 Å². The van der Waals surface area contributed by atoms with Crippen molar-refractivity contribution in [1.82, 2.24) is 15.1 Å². The van der Waals surface area contributed by atoms with E-state index in [4.69, 9.17) is 5.73 Å². The van der Waals surface area contributed by atoms with Crippen LogP contribution in [-0.2, 0) is 0 Å². The van der Waals surface area contributed by atoms with E-state index in [0.717, 1.165) is 45.6 Å². The Morgan fingerprint density at radius 3 is 2.44 bits per heavy atom. The number of fused-ring (bicyclic) bond motifs is 1. The number of amides is 2. The fourth-order valence-electron chi connectivity index (χ4n) is 6.77. The van der Waals surface area contributed by atoms with Crippen molar-refractivity contribution in [3.63, 3.8) is 0 Å². The molecule has 2 amide bonds. The minimum Gasteiger partial charge on any atom is -0.335 e. The Morgan fingerprint density at radius 1 is 1.15 bits per heavy atom. The van der Waals surface area contributed by atoms with E-state index in [1.807, 2.05) is 4.90 Å². The number of nitrogens with zero attached hydrogens (tertiary/aromatic N) is 2. The summed E-state index contributed by atoms with van der Waals surface area (Å²) >= 11 is 0. The van der Waals surface area contributed by atoms with Gasteiger partial charge in [0.05, 0.1) is 0 Å². The average Bonchev–Trinajstić information content (AvgIpc) is 2.60. The second kappa shape index (κ2) is 7.90. The molecular formula is C22H42N4O. The van der Waals surface area contributed by atoms with Gasteiger partial charge in [0.2, 0.25) is 0 Å². The number of rotatable bonds is 3. The highest BCUT2D eigenvalue weighted by Crippen LogP contribution is 2.61. The van der Waals surface area contributed by atoms with Crippen LogP contribution in [-0.4, -0.2) is 61.6 Å². The Labute approximate surface area is 166 Å². The Balaban J connectivity index is 1.76. The molecule has 0 radical (unpaired) electrons. The highest BCUT2D eigenvalue weighted by atomic mass is 16.2. The Kier molecular flexibility index (Phi) is 6.12. The molecule has 27 heavy (non-hydrogen) atoms. The van der Waals surface area contributed by atoms with Crippen LogP contribution in [0.25, 0.3) is 0 Å². The second-order valence-electron chi connectivity index (χ2n) is 10.5. The molecule has 1 saturated heterocycles. The van der Waals surface area contributed by atoms with Crippen molar-refractivity contribution in [2.45, 2.75) is 65.8 Å². The molecule has 2 aliphatic carbocycles. The zero-order chi connectivity index (χ0) is 19.8. The SMILES string of the molecule is CC1C(NC(=O)N2CCN(C)CC2)CC2C(C)(C)CCCC2(C)C1CCN. The van der Waals surface area contributed by atoms with Crippen LogP contribution in [0.4, 0.5) is 4.79 Å². The molecule has 5 nitrogen and oxygen atoms in total. The molecule has 5 atom stereocenters. The average molecular weight is 379 g/mol. The largest absolute Gasteiger partial charge is 0.335 e. The van der Waals surface area contributed by atoms with Gasteiger partial charge < -0.3 is 20.9 Å². The molecule has 1 aliphatic heterocycles. The van der Waals surface area contributed by atoms with Gasteiger partial charge in [-0.2, -0.15) is 0 Å². The third kappa shape index (κ3) is 4.00. The quantitative estimate of drug-likeness (QED) is 0.793. The lowest BCUT2D eigenvalue weighted by Gasteiger charge is -2.61. The maximum atomic E-state index is 13.0. The number of likely N-dealkylation sites (N-methyl/N-ethyl adjacent to an activating group) is 1. The van der Waals surface area contributed by atoms with Crippen LogP contribution in [0, 0.1) is 28.6 Å². The number of piperazine rings is 1. The first-order valence-electron chi connectivity index (χ1n) is 11.1. The fourth-order valence-corrected chi connectivity index (χ4v) is 6.77. The van der Waals surface area contributed by atoms with Crippen LogP contribution in [0.15, 0.2) is 0 Å². The third-order valence-electron chi connectivity index (χ3n) is 8.46. The van der Waals surface area contributed by atoms with Crippen molar-refractivity contribution in [3.8, 4) is 0 Å². The predicted octanol–water partition coefficient (Wildman–Crippen LogP) is 3.15. The number of urea groups is 1. The summed E-state index contributed by atoms with van der Waals surface area (Å²) in [6.07, 6.45) is 6.13. The van der Waals surface area contributed by atoms with Gasteiger partial charge in [-0.25, -0.2) is 4.79 Å². The molecule has 0 spiro atoms. The van der Waals surface area contributed by atoms with E-state index < -0.39 is 0 Å². The van der Waals surface area contributed by atoms with Gasteiger partial charge in [0.15, 0.2) is 0 Å². The topological polar surface area (TPSA) is 61.6 Å². The molecule has 2 saturated carbocycles. The maximum absolute atomic E-state index is 13.0. The van der Waals surface area contributed by atoms with Crippen LogP contribution >= 0.6 is 0 Å².